The van der Waals surface area contributed by atoms with Crippen molar-refractivity contribution in [2.45, 2.75) is 24.7 Å². The zero-order valence-electron chi connectivity index (χ0n) is 12.2. The van der Waals surface area contributed by atoms with Crippen LogP contribution in [-0.2, 0) is 0 Å². The van der Waals surface area contributed by atoms with Crippen LogP contribution in [0, 0.1) is 0 Å². The van der Waals surface area contributed by atoms with E-state index in [1.54, 1.807) is 12.1 Å². The van der Waals surface area contributed by atoms with E-state index in [2.05, 4.69) is 0 Å². The van der Waals surface area contributed by atoms with Crippen LogP contribution in [0.5, 0.6) is 0 Å². The van der Waals surface area contributed by atoms with Gasteiger partial charge in [0.05, 0.1) is 12.1 Å². The zero-order valence-corrected chi connectivity index (χ0v) is 12.2. The first-order chi connectivity index (χ1) is 11.2. The molecule has 2 aromatic rings. The number of alkyl halides is 6. The van der Waals surface area contributed by atoms with Gasteiger partial charge in [-0.1, -0.05) is 60.7 Å². The van der Waals surface area contributed by atoms with Gasteiger partial charge >= 0.3 is 12.6 Å². The molecule has 0 saturated carbocycles. The molecule has 0 aromatic heterocycles. The maximum absolute atomic E-state index is 12.9. The second-order valence-electron chi connectivity index (χ2n) is 5.06. The van der Waals surface area contributed by atoms with Gasteiger partial charge in [-0.2, -0.15) is 26.3 Å². The van der Waals surface area contributed by atoms with Gasteiger partial charge in [-0.05, 0) is 11.1 Å². The first-order valence-corrected chi connectivity index (χ1v) is 6.94. The Bertz CT molecular complexity index is 567. The summed E-state index contributed by atoms with van der Waals surface area (Å²) in [5.41, 5.74) is 0.167. The number of rotatable bonds is 5. The van der Waals surface area contributed by atoms with Crippen LogP contribution in [0.1, 0.15) is 23.2 Å². The average molecular weight is 348 g/mol. The third kappa shape index (κ3) is 5.54. The first kappa shape index (κ1) is 18.3. The molecule has 0 fully saturated rings. The Morgan fingerprint density at radius 3 is 1.08 bits per heavy atom. The lowest BCUT2D eigenvalue weighted by molar-refractivity contribution is -0.184. The first-order valence-electron chi connectivity index (χ1n) is 6.94. The minimum atomic E-state index is -4.85. The third-order valence-electron chi connectivity index (χ3n) is 3.29. The van der Waals surface area contributed by atoms with Gasteiger partial charge in [0.1, 0.15) is 0 Å². The van der Waals surface area contributed by atoms with Gasteiger partial charge in [0, 0.05) is 0 Å². The van der Waals surface area contributed by atoms with Gasteiger partial charge in [-0.25, -0.2) is 10.6 Å². The molecular weight excluding hydrogens is 334 g/mol. The Hall–Kier alpha value is -2.06. The molecule has 0 aliphatic rings. The molecule has 2 aromatic carbocycles. The van der Waals surface area contributed by atoms with Crippen LogP contribution in [0.25, 0.3) is 0 Å². The lowest BCUT2D eigenvalue weighted by atomic mass is 9.93. The minimum absolute atomic E-state index is 0.0837. The van der Waals surface area contributed by atoms with Gasteiger partial charge in [-0.3, -0.25) is 0 Å². The van der Waals surface area contributed by atoms with Crippen LogP contribution in [0.2, 0.25) is 0 Å². The maximum atomic E-state index is 12.9. The van der Waals surface area contributed by atoms with Crippen molar-refractivity contribution in [3.8, 4) is 0 Å². The van der Waals surface area contributed by atoms with Gasteiger partial charge in [0.15, 0.2) is 0 Å². The summed E-state index contributed by atoms with van der Waals surface area (Å²) in [5.74, 6) is 0. The molecule has 0 aliphatic carbocycles. The van der Waals surface area contributed by atoms with E-state index in [9.17, 15) is 26.3 Å². The Morgan fingerprint density at radius 2 is 0.833 bits per heavy atom. The molecule has 0 aliphatic heterocycles. The topological polar surface area (TPSA) is 24.1 Å². The molecule has 2 atom stereocenters. The predicted octanol–water partition coefficient (Wildman–Crippen LogP) is 4.69. The highest BCUT2D eigenvalue weighted by atomic mass is 19.4. The van der Waals surface area contributed by atoms with Crippen molar-refractivity contribution in [1.29, 1.82) is 0 Å². The molecule has 2 nitrogen and oxygen atoms in total. The zero-order chi connectivity index (χ0) is 17.8. The van der Waals surface area contributed by atoms with Crippen LogP contribution in [0.3, 0.4) is 0 Å². The van der Waals surface area contributed by atoms with Crippen molar-refractivity contribution in [3.63, 3.8) is 0 Å². The highest BCUT2D eigenvalue weighted by molar-refractivity contribution is 5.28. The van der Waals surface area contributed by atoms with E-state index in [1.807, 2.05) is 0 Å². The van der Waals surface area contributed by atoms with Crippen molar-refractivity contribution >= 4 is 0 Å². The van der Waals surface area contributed by atoms with Gasteiger partial charge in [0.2, 0.25) is 0 Å². The summed E-state index contributed by atoms with van der Waals surface area (Å²) in [6.07, 6.45) is -9.69. The molecule has 0 bridgehead atoms. The van der Waals surface area contributed by atoms with Crippen LogP contribution in [0.4, 0.5) is 26.3 Å². The van der Waals surface area contributed by atoms with Crippen LogP contribution in [0.15, 0.2) is 60.7 Å². The van der Waals surface area contributed by atoms with Crippen molar-refractivity contribution in [1.82, 2.24) is 10.6 Å². The second kappa shape index (κ2) is 7.23. The van der Waals surface area contributed by atoms with E-state index in [1.165, 1.54) is 59.2 Å². The number of benzene rings is 2. The number of halogens is 6. The highest BCUT2D eigenvalue weighted by Gasteiger charge is 2.41. The molecule has 0 amide bonds. The van der Waals surface area contributed by atoms with Crippen molar-refractivity contribution in [2.75, 3.05) is 0 Å². The molecule has 8 heteroatoms. The third-order valence-corrected chi connectivity index (χ3v) is 3.29. The summed E-state index contributed by atoms with van der Waals surface area (Å²) in [6, 6.07) is 11.1. The molecule has 24 heavy (non-hydrogen) atoms. The molecule has 0 spiro atoms. The number of hydrogen-bond donors (Lipinski definition) is 2. The van der Waals surface area contributed by atoms with Gasteiger partial charge < -0.3 is 0 Å². The van der Waals surface area contributed by atoms with E-state index in [4.69, 9.17) is 0 Å². The van der Waals surface area contributed by atoms with Crippen LogP contribution < -0.4 is 10.6 Å². The fraction of sp³-hybridized carbons (Fsp3) is 0.250. The Labute approximate surface area is 134 Å². The SMILES string of the molecule is FC(F)(F)N[C@H](c1ccccc1)[C@H](NC(F)(F)F)c1ccccc1. The predicted molar refractivity (Wildman–Crippen MR) is 76.7 cm³/mol. The second-order valence-corrected chi connectivity index (χ2v) is 5.06. The minimum Gasteiger partial charge on any atom is -0.219 e. The number of hydrogen-bond acceptors (Lipinski definition) is 2. The summed E-state index contributed by atoms with van der Waals surface area (Å²) in [5, 5.41) is 2.66. The maximum Gasteiger partial charge on any atom is 0.457 e. The molecular formula is C16H14F6N2. The van der Waals surface area contributed by atoms with Crippen LogP contribution in [-0.4, -0.2) is 12.6 Å². The van der Waals surface area contributed by atoms with E-state index >= 15 is 0 Å². The van der Waals surface area contributed by atoms with Gasteiger partial charge in [0.25, 0.3) is 0 Å². The van der Waals surface area contributed by atoms with E-state index < -0.39 is 24.7 Å². The van der Waals surface area contributed by atoms with E-state index in [-0.39, 0.29) is 11.1 Å². The summed E-state index contributed by atoms with van der Waals surface area (Å²) in [7, 11) is 0. The fourth-order valence-electron chi connectivity index (χ4n) is 2.39. The quantitative estimate of drug-likeness (QED) is 0.605. The standard InChI is InChI=1S/C16H14F6N2/c17-15(18,19)23-13(11-7-3-1-4-8-11)14(24-16(20,21)22)12-9-5-2-6-10-12/h1-10,13-14,23-24H/t13-,14-/m1/s1. The average Bonchev–Trinajstić information content (AvgIpc) is 2.50. The highest BCUT2D eigenvalue weighted by Crippen LogP contribution is 2.34. The van der Waals surface area contributed by atoms with Crippen molar-refractivity contribution in [3.05, 3.63) is 71.8 Å². The molecule has 130 valence electrons. The normalized spacial score (nSPS) is 15.1. The Morgan fingerprint density at radius 1 is 0.542 bits per heavy atom. The molecule has 0 saturated heterocycles. The van der Waals surface area contributed by atoms with E-state index in [0.717, 1.165) is 0 Å². The van der Waals surface area contributed by atoms with Crippen molar-refractivity contribution in [2.24, 2.45) is 0 Å². The lowest BCUT2D eigenvalue weighted by Gasteiger charge is -2.31. The monoisotopic (exact) mass is 348 g/mol. The van der Waals surface area contributed by atoms with E-state index in [0.29, 0.717) is 0 Å². The van der Waals surface area contributed by atoms with Crippen LogP contribution >= 0.6 is 0 Å². The summed E-state index contributed by atoms with van der Waals surface area (Å²) >= 11 is 0. The molecule has 2 rings (SSSR count). The van der Waals surface area contributed by atoms with Gasteiger partial charge in [-0.15, -0.1) is 0 Å². The smallest absolute Gasteiger partial charge is 0.219 e. The molecule has 0 radical (unpaired) electrons. The lowest BCUT2D eigenvalue weighted by Crippen LogP contribution is -2.46. The summed E-state index contributed by atoms with van der Waals surface area (Å²) in [4.78, 5) is 0. The number of nitrogens with one attached hydrogen (secondary N) is 2. The molecule has 0 unspecified atom stereocenters. The molecule has 2 N–H and O–H groups in total. The van der Waals surface area contributed by atoms with Crippen molar-refractivity contribution < 1.29 is 26.3 Å². The fourth-order valence-corrected chi connectivity index (χ4v) is 2.39. The molecule has 0 heterocycles. The summed E-state index contributed by atoms with van der Waals surface area (Å²) < 4.78 is 77.3. The summed E-state index contributed by atoms with van der Waals surface area (Å²) in [6.45, 7) is 0. The largest absolute Gasteiger partial charge is 0.457 e. The Balaban J connectivity index is 2.47. The Kier molecular flexibility index (Phi) is 5.51.